The molecule has 0 spiro atoms. The fraction of sp³-hybridized carbons (Fsp3) is 0.591. The van der Waals surface area contributed by atoms with E-state index in [-0.39, 0.29) is 5.60 Å². The van der Waals surface area contributed by atoms with Crippen LogP contribution in [0.4, 0.5) is 5.82 Å². The average molecular weight is 445 g/mol. The van der Waals surface area contributed by atoms with Crippen molar-refractivity contribution in [3.05, 3.63) is 17.5 Å². The minimum atomic E-state index is -0.194. The van der Waals surface area contributed by atoms with Crippen LogP contribution >= 0.6 is 23.1 Å². The van der Waals surface area contributed by atoms with Crippen LogP contribution in [0, 0.1) is 5.92 Å². The Morgan fingerprint density at radius 3 is 2.77 bits per heavy atom. The Balaban J connectivity index is 1.72. The smallest absolute Gasteiger partial charge is 0.136 e. The molecule has 160 valence electrons. The zero-order chi connectivity index (χ0) is 20.9. The predicted octanol–water partition coefficient (Wildman–Crippen LogP) is 4.68. The maximum Gasteiger partial charge on any atom is 0.136 e. The molecule has 30 heavy (non-hydrogen) atoms. The summed E-state index contributed by atoms with van der Waals surface area (Å²) in [4.78, 5) is 17.9. The van der Waals surface area contributed by atoms with Crippen LogP contribution in [-0.4, -0.2) is 52.6 Å². The Hall–Kier alpha value is -1.48. The summed E-state index contributed by atoms with van der Waals surface area (Å²) in [5.74, 6) is 2.73. The highest BCUT2D eigenvalue weighted by Crippen LogP contribution is 2.44. The average Bonchev–Trinajstić information content (AvgIpc) is 3.11. The Bertz CT molecular complexity index is 1090. The Morgan fingerprint density at radius 2 is 2.00 bits per heavy atom. The minimum absolute atomic E-state index is 0.194. The van der Waals surface area contributed by atoms with Crippen molar-refractivity contribution in [1.82, 2.24) is 15.0 Å². The largest absolute Gasteiger partial charge is 0.378 e. The van der Waals surface area contributed by atoms with Crippen LogP contribution in [0.5, 0.6) is 0 Å². The molecular formula is C22H28N4O2S2. The van der Waals surface area contributed by atoms with E-state index in [1.54, 1.807) is 17.7 Å². The second-order valence-corrected chi connectivity index (χ2v) is 11.1. The lowest BCUT2D eigenvalue weighted by molar-refractivity contribution is -0.0396. The summed E-state index contributed by atoms with van der Waals surface area (Å²) in [6.45, 7) is 12.6. The monoisotopic (exact) mass is 444 g/mol. The van der Waals surface area contributed by atoms with Crippen LogP contribution < -0.4 is 4.90 Å². The number of morpholine rings is 1. The summed E-state index contributed by atoms with van der Waals surface area (Å²) in [6.07, 6.45) is 2.58. The van der Waals surface area contributed by atoms with Crippen molar-refractivity contribution in [2.45, 2.75) is 51.3 Å². The van der Waals surface area contributed by atoms with Gasteiger partial charge in [-0.3, -0.25) is 0 Å². The van der Waals surface area contributed by atoms with Gasteiger partial charge in [0.25, 0.3) is 0 Å². The molecule has 1 saturated heterocycles. The van der Waals surface area contributed by atoms with Gasteiger partial charge in [-0.15, -0.1) is 23.1 Å². The molecule has 5 rings (SSSR count). The van der Waals surface area contributed by atoms with Crippen molar-refractivity contribution in [2.75, 3.05) is 37.0 Å². The zero-order valence-electron chi connectivity index (χ0n) is 18.0. The number of ether oxygens (including phenoxy) is 2. The summed E-state index contributed by atoms with van der Waals surface area (Å²) >= 11 is 3.56. The van der Waals surface area contributed by atoms with E-state index < -0.39 is 0 Å². The fourth-order valence-electron chi connectivity index (χ4n) is 4.15. The lowest BCUT2D eigenvalue weighted by Crippen LogP contribution is -2.39. The van der Waals surface area contributed by atoms with E-state index in [9.17, 15) is 0 Å². The third-order valence-electron chi connectivity index (χ3n) is 5.64. The lowest BCUT2D eigenvalue weighted by Gasteiger charge is -2.36. The van der Waals surface area contributed by atoms with Crippen molar-refractivity contribution in [2.24, 2.45) is 5.92 Å². The molecule has 2 aliphatic heterocycles. The molecule has 0 atom stereocenters. The van der Waals surface area contributed by atoms with E-state index >= 15 is 0 Å². The van der Waals surface area contributed by atoms with E-state index in [0.29, 0.717) is 12.5 Å². The molecule has 0 aliphatic carbocycles. The number of rotatable bonds is 4. The number of nitrogens with zero attached hydrogens (tertiary/aromatic N) is 4. The second-order valence-electron chi connectivity index (χ2n) is 9.06. The van der Waals surface area contributed by atoms with E-state index in [1.165, 1.54) is 16.5 Å². The maximum absolute atomic E-state index is 6.22. The van der Waals surface area contributed by atoms with Crippen LogP contribution in [0.3, 0.4) is 0 Å². The number of hydrogen-bond acceptors (Lipinski definition) is 8. The SMILES string of the molecule is CC(C)CSc1ncnc2c1sc1nc(N3CCOCC3)c3c(c12)CC(C)(C)OC3. The molecule has 1 fully saturated rings. The predicted molar refractivity (Wildman–Crippen MR) is 124 cm³/mol. The van der Waals surface area contributed by atoms with Gasteiger partial charge in [-0.05, 0) is 25.3 Å². The first-order valence-corrected chi connectivity index (χ1v) is 12.4. The molecule has 6 nitrogen and oxygen atoms in total. The molecule has 0 N–H and O–H groups in total. The van der Waals surface area contributed by atoms with E-state index in [4.69, 9.17) is 19.4 Å². The van der Waals surface area contributed by atoms with Crippen molar-refractivity contribution in [3.63, 3.8) is 0 Å². The molecule has 5 heterocycles. The van der Waals surface area contributed by atoms with Crippen molar-refractivity contribution in [3.8, 4) is 0 Å². The van der Waals surface area contributed by atoms with Crippen molar-refractivity contribution >= 4 is 49.3 Å². The quantitative estimate of drug-likeness (QED) is 0.428. The molecule has 3 aromatic rings. The van der Waals surface area contributed by atoms with Gasteiger partial charge in [-0.25, -0.2) is 15.0 Å². The van der Waals surface area contributed by atoms with Gasteiger partial charge in [-0.2, -0.15) is 0 Å². The van der Waals surface area contributed by atoms with E-state index in [0.717, 1.165) is 64.4 Å². The summed E-state index contributed by atoms with van der Waals surface area (Å²) in [6, 6.07) is 0. The minimum Gasteiger partial charge on any atom is -0.378 e. The highest BCUT2D eigenvalue weighted by molar-refractivity contribution is 7.99. The van der Waals surface area contributed by atoms with Crippen molar-refractivity contribution < 1.29 is 9.47 Å². The van der Waals surface area contributed by atoms with Crippen LogP contribution in [-0.2, 0) is 22.5 Å². The Morgan fingerprint density at radius 1 is 1.20 bits per heavy atom. The molecule has 0 aromatic carbocycles. The van der Waals surface area contributed by atoms with Gasteiger partial charge >= 0.3 is 0 Å². The lowest BCUT2D eigenvalue weighted by atomic mass is 9.90. The second kappa shape index (κ2) is 7.89. The normalized spacial score (nSPS) is 19.0. The number of aromatic nitrogens is 3. The molecule has 0 bridgehead atoms. The first kappa shape index (κ1) is 20.4. The van der Waals surface area contributed by atoms with Crippen LogP contribution in [0.25, 0.3) is 20.4 Å². The number of hydrogen-bond donors (Lipinski definition) is 0. The van der Waals surface area contributed by atoms with Crippen molar-refractivity contribution in [1.29, 1.82) is 0 Å². The van der Waals surface area contributed by atoms with Gasteiger partial charge < -0.3 is 14.4 Å². The molecule has 0 amide bonds. The molecule has 0 saturated carbocycles. The van der Waals surface area contributed by atoms with Gasteiger partial charge in [0, 0.05) is 36.2 Å². The third-order valence-corrected chi connectivity index (χ3v) is 8.26. The molecule has 3 aromatic heterocycles. The van der Waals surface area contributed by atoms with Gasteiger partial charge in [0.2, 0.25) is 0 Å². The molecular weight excluding hydrogens is 416 g/mol. The van der Waals surface area contributed by atoms with Crippen LogP contribution in [0.2, 0.25) is 0 Å². The highest BCUT2D eigenvalue weighted by Gasteiger charge is 2.33. The summed E-state index contributed by atoms with van der Waals surface area (Å²) < 4.78 is 13.0. The number of anilines is 1. The maximum atomic E-state index is 6.22. The van der Waals surface area contributed by atoms with Crippen LogP contribution in [0.15, 0.2) is 11.4 Å². The Labute approximate surface area is 185 Å². The van der Waals surface area contributed by atoms with Gasteiger partial charge in [-0.1, -0.05) is 13.8 Å². The third kappa shape index (κ3) is 3.68. The van der Waals surface area contributed by atoms with Gasteiger partial charge in [0.15, 0.2) is 0 Å². The first-order valence-electron chi connectivity index (χ1n) is 10.6. The van der Waals surface area contributed by atoms with E-state index in [1.807, 2.05) is 11.8 Å². The highest BCUT2D eigenvalue weighted by atomic mass is 32.2. The molecule has 8 heteroatoms. The molecule has 0 unspecified atom stereocenters. The zero-order valence-corrected chi connectivity index (χ0v) is 19.7. The topological polar surface area (TPSA) is 60.4 Å². The summed E-state index contributed by atoms with van der Waals surface area (Å²) in [5, 5.41) is 2.27. The fourth-order valence-corrected chi connectivity index (χ4v) is 6.33. The summed E-state index contributed by atoms with van der Waals surface area (Å²) in [5.41, 5.74) is 3.42. The molecule has 0 radical (unpaired) electrons. The van der Waals surface area contributed by atoms with Gasteiger partial charge in [0.1, 0.15) is 22.0 Å². The summed E-state index contributed by atoms with van der Waals surface area (Å²) in [7, 11) is 0. The number of pyridine rings is 1. The standard InChI is InChI=1S/C22H28N4O2S2/c1-13(2)11-29-21-18-17(23-12-24-21)16-14-9-22(3,4)28-10-15(14)19(25-20(16)30-18)26-5-7-27-8-6-26/h12-13H,5-11H2,1-4H3. The van der Waals surface area contributed by atoms with Crippen LogP contribution in [0.1, 0.15) is 38.8 Å². The number of fused-ring (bicyclic) bond motifs is 5. The Kier molecular flexibility index (Phi) is 5.37. The number of thiophene rings is 1. The molecule has 2 aliphatic rings. The van der Waals surface area contributed by atoms with E-state index in [2.05, 4.69) is 37.6 Å². The number of thioether (sulfide) groups is 1. The van der Waals surface area contributed by atoms with Gasteiger partial charge in [0.05, 0.1) is 35.6 Å². The first-order chi connectivity index (χ1) is 14.4.